The fraction of sp³-hybridized carbons (Fsp3) is 0.0556. The van der Waals surface area contributed by atoms with Crippen LogP contribution in [-0.2, 0) is 16.2 Å². The van der Waals surface area contributed by atoms with Crippen LogP contribution in [0.4, 0.5) is 10.5 Å². The zero-order chi connectivity index (χ0) is 20.3. The molecule has 0 atom stereocenters. The van der Waals surface area contributed by atoms with Crippen LogP contribution in [0.3, 0.4) is 0 Å². The Hall–Kier alpha value is -3.53. The zero-order valence-corrected chi connectivity index (χ0v) is 15.7. The summed E-state index contributed by atoms with van der Waals surface area (Å²) in [5.74, 6) is -1.09. The topological polar surface area (TPSA) is 128 Å². The molecular formula is C18H12BrN3O6. The molecule has 0 radical (unpaired) electrons. The number of carbonyl (C=O) groups is 3. The van der Waals surface area contributed by atoms with Crippen LogP contribution < -0.4 is 15.4 Å². The number of ether oxygens (including phenoxy) is 1. The van der Waals surface area contributed by atoms with E-state index in [1.54, 1.807) is 30.3 Å². The van der Waals surface area contributed by atoms with Crippen LogP contribution in [0.1, 0.15) is 11.1 Å². The van der Waals surface area contributed by atoms with E-state index >= 15 is 0 Å². The molecule has 1 aliphatic rings. The van der Waals surface area contributed by atoms with Gasteiger partial charge in [0.15, 0.2) is 0 Å². The van der Waals surface area contributed by atoms with E-state index in [1.807, 2.05) is 10.6 Å². The third-order valence-corrected chi connectivity index (χ3v) is 4.35. The lowest BCUT2D eigenvalue weighted by molar-refractivity contribution is -0.384. The highest BCUT2D eigenvalue weighted by Crippen LogP contribution is 2.28. The minimum atomic E-state index is -0.863. The quantitative estimate of drug-likeness (QED) is 0.315. The van der Waals surface area contributed by atoms with Gasteiger partial charge in [0.1, 0.15) is 17.9 Å². The summed E-state index contributed by atoms with van der Waals surface area (Å²) in [6, 6.07) is 10.1. The Balaban J connectivity index is 1.74. The molecule has 1 aliphatic heterocycles. The highest BCUT2D eigenvalue weighted by atomic mass is 79.9. The van der Waals surface area contributed by atoms with E-state index in [1.165, 1.54) is 18.2 Å². The number of hydrogen-bond acceptors (Lipinski definition) is 6. The van der Waals surface area contributed by atoms with Gasteiger partial charge in [0.2, 0.25) is 0 Å². The van der Waals surface area contributed by atoms with Crippen LogP contribution in [0.2, 0.25) is 0 Å². The second-order valence-electron chi connectivity index (χ2n) is 5.70. The van der Waals surface area contributed by atoms with Crippen LogP contribution in [0.5, 0.6) is 5.75 Å². The van der Waals surface area contributed by atoms with Crippen molar-refractivity contribution < 1.29 is 24.0 Å². The Bertz CT molecular complexity index is 1010. The maximum absolute atomic E-state index is 11.8. The molecule has 0 aromatic heterocycles. The van der Waals surface area contributed by atoms with Gasteiger partial charge in [0.25, 0.3) is 17.5 Å². The number of halogens is 1. The van der Waals surface area contributed by atoms with Gasteiger partial charge >= 0.3 is 6.03 Å². The second kappa shape index (κ2) is 8.01. The van der Waals surface area contributed by atoms with Gasteiger partial charge in [-0.25, -0.2) is 4.79 Å². The van der Waals surface area contributed by atoms with E-state index in [2.05, 4.69) is 15.9 Å². The zero-order valence-electron chi connectivity index (χ0n) is 14.1. The molecule has 0 spiro atoms. The van der Waals surface area contributed by atoms with Crippen molar-refractivity contribution in [2.24, 2.45) is 0 Å². The molecule has 1 fully saturated rings. The average Bonchev–Trinajstić information content (AvgIpc) is 2.64. The van der Waals surface area contributed by atoms with Crippen LogP contribution in [0, 0.1) is 10.1 Å². The van der Waals surface area contributed by atoms with Crippen molar-refractivity contribution in [3.8, 4) is 5.75 Å². The average molecular weight is 446 g/mol. The fourth-order valence-corrected chi connectivity index (χ4v) is 2.93. The monoisotopic (exact) mass is 445 g/mol. The van der Waals surface area contributed by atoms with Crippen molar-refractivity contribution >= 4 is 45.5 Å². The van der Waals surface area contributed by atoms with Gasteiger partial charge in [-0.3, -0.25) is 30.3 Å². The molecule has 3 rings (SSSR count). The molecule has 10 heteroatoms. The minimum Gasteiger partial charge on any atom is -0.488 e. The molecule has 1 heterocycles. The molecule has 0 unspecified atom stereocenters. The Kier molecular flexibility index (Phi) is 5.50. The Morgan fingerprint density at radius 2 is 1.79 bits per heavy atom. The second-order valence-corrected chi connectivity index (χ2v) is 6.56. The Labute approximate surface area is 166 Å². The third-order valence-electron chi connectivity index (χ3n) is 3.73. The first-order valence-corrected chi connectivity index (χ1v) is 8.67. The summed E-state index contributed by atoms with van der Waals surface area (Å²) in [4.78, 5) is 44.9. The molecule has 0 bridgehead atoms. The van der Waals surface area contributed by atoms with Gasteiger partial charge in [0.05, 0.1) is 9.40 Å². The SMILES string of the molecule is O=C1NC(=O)C(=Cc2ccc(OCc3cccc([N+](=O)[O-])c3)c(Br)c2)C(=O)N1. The number of nitro benzene ring substituents is 1. The summed E-state index contributed by atoms with van der Waals surface area (Å²) in [7, 11) is 0. The number of non-ortho nitro benzene ring substituents is 1. The van der Waals surface area contributed by atoms with E-state index < -0.39 is 22.8 Å². The summed E-state index contributed by atoms with van der Waals surface area (Å²) < 4.78 is 6.22. The number of barbiturate groups is 1. The van der Waals surface area contributed by atoms with E-state index in [0.717, 1.165) is 0 Å². The summed E-state index contributed by atoms with van der Waals surface area (Å²) in [5, 5.41) is 14.8. The van der Waals surface area contributed by atoms with Gasteiger partial charge < -0.3 is 4.74 Å². The molecule has 4 amide bonds. The minimum absolute atomic E-state index is 0.0235. The lowest BCUT2D eigenvalue weighted by Gasteiger charge is -2.14. The largest absolute Gasteiger partial charge is 0.488 e. The van der Waals surface area contributed by atoms with E-state index in [9.17, 15) is 24.5 Å². The van der Waals surface area contributed by atoms with Gasteiger partial charge in [-0.2, -0.15) is 0 Å². The van der Waals surface area contributed by atoms with Gasteiger partial charge in [0, 0.05) is 12.1 Å². The number of nitro groups is 1. The molecular weight excluding hydrogens is 434 g/mol. The number of imide groups is 2. The molecule has 2 N–H and O–H groups in total. The lowest BCUT2D eigenvalue weighted by atomic mass is 10.1. The maximum atomic E-state index is 11.8. The number of urea groups is 1. The number of amides is 4. The third kappa shape index (κ3) is 4.41. The van der Waals surface area contributed by atoms with E-state index in [0.29, 0.717) is 21.3 Å². The highest BCUT2D eigenvalue weighted by molar-refractivity contribution is 9.10. The first kappa shape index (κ1) is 19.2. The maximum Gasteiger partial charge on any atom is 0.328 e. The molecule has 0 saturated carbocycles. The van der Waals surface area contributed by atoms with Crippen molar-refractivity contribution in [3.63, 3.8) is 0 Å². The van der Waals surface area contributed by atoms with Crippen molar-refractivity contribution in [2.75, 3.05) is 0 Å². The standard InChI is InChI=1S/C18H12BrN3O6/c19-14-8-10(7-13-16(23)20-18(25)21-17(13)24)4-5-15(14)28-9-11-2-1-3-12(6-11)22(26)27/h1-8H,9H2,(H2,20,21,23,24,25). The molecule has 28 heavy (non-hydrogen) atoms. The van der Waals surface area contributed by atoms with E-state index in [4.69, 9.17) is 4.74 Å². The number of rotatable bonds is 5. The first-order valence-electron chi connectivity index (χ1n) is 7.87. The van der Waals surface area contributed by atoms with Crippen LogP contribution in [0.25, 0.3) is 6.08 Å². The van der Waals surface area contributed by atoms with E-state index in [-0.39, 0.29) is 17.9 Å². The van der Waals surface area contributed by atoms with Gasteiger partial charge in [-0.1, -0.05) is 18.2 Å². The molecule has 2 aromatic carbocycles. The molecule has 0 aliphatic carbocycles. The number of nitrogens with zero attached hydrogens (tertiary/aromatic N) is 1. The normalized spacial score (nSPS) is 13.6. The predicted octanol–water partition coefficient (Wildman–Crippen LogP) is 2.69. The van der Waals surface area contributed by atoms with Crippen molar-refractivity contribution in [2.45, 2.75) is 6.61 Å². The smallest absolute Gasteiger partial charge is 0.328 e. The van der Waals surface area contributed by atoms with Crippen LogP contribution >= 0.6 is 15.9 Å². The molecule has 2 aromatic rings. The number of hydrogen-bond donors (Lipinski definition) is 2. The van der Waals surface area contributed by atoms with Crippen molar-refractivity contribution in [1.29, 1.82) is 0 Å². The summed E-state index contributed by atoms with van der Waals surface area (Å²) in [6.45, 7) is 0.119. The number of nitrogens with one attached hydrogen (secondary N) is 2. The highest BCUT2D eigenvalue weighted by Gasteiger charge is 2.27. The lowest BCUT2D eigenvalue weighted by Crippen LogP contribution is -2.51. The van der Waals surface area contributed by atoms with Crippen LogP contribution in [0.15, 0.2) is 52.5 Å². The van der Waals surface area contributed by atoms with Gasteiger partial charge in [-0.15, -0.1) is 0 Å². The number of carbonyl (C=O) groups excluding carboxylic acids is 3. The van der Waals surface area contributed by atoms with Crippen molar-refractivity contribution in [1.82, 2.24) is 10.6 Å². The number of benzene rings is 2. The summed E-state index contributed by atoms with van der Waals surface area (Å²) >= 11 is 3.35. The van der Waals surface area contributed by atoms with Gasteiger partial charge in [-0.05, 0) is 45.3 Å². The molecule has 142 valence electrons. The first-order chi connectivity index (χ1) is 13.3. The molecule has 9 nitrogen and oxygen atoms in total. The molecule has 1 saturated heterocycles. The van der Waals surface area contributed by atoms with Crippen molar-refractivity contribution in [3.05, 3.63) is 73.8 Å². The summed E-state index contributed by atoms with van der Waals surface area (Å²) in [6.07, 6.45) is 1.34. The predicted molar refractivity (Wildman–Crippen MR) is 101 cm³/mol. The Morgan fingerprint density at radius 3 is 2.43 bits per heavy atom. The summed E-state index contributed by atoms with van der Waals surface area (Å²) in [5.41, 5.74) is 0.943. The van der Waals surface area contributed by atoms with Crippen LogP contribution in [-0.4, -0.2) is 22.8 Å². The Morgan fingerprint density at radius 1 is 1.07 bits per heavy atom. The fourth-order valence-electron chi connectivity index (χ4n) is 2.42.